The molecule has 0 aliphatic heterocycles. The molecule has 0 amide bonds. The van der Waals surface area contributed by atoms with E-state index in [1.54, 1.807) is 13.8 Å². The van der Waals surface area contributed by atoms with Gasteiger partial charge < -0.3 is 4.52 Å². The quantitative estimate of drug-likeness (QED) is 0.867. The first-order valence-electron chi connectivity index (χ1n) is 6.11. The van der Waals surface area contributed by atoms with Crippen LogP contribution in [0.5, 0.6) is 0 Å². The zero-order valence-electron chi connectivity index (χ0n) is 11.3. The Balaban J connectivity index is 2.13. The van der Waals surface area contributed by atoms with Crippen molar-refractivity contribution in [3.8, 4) is 0 Å². The molecular formula is C13H13F3N2O2S. The maximum atomic E-state index is 12.6. The summed E-state index contributed by atoms with van der Waals surface area (Å²) in [5.41, 5.74) is -0.399. The van der Waals surface area contributed by atoms with Gasteiger partial charge in [0.25, 0.3) is 0 Å². The number of halogens is 3. The number of alkyl halides is 3. The maximum absolute atomic E-state index is 12.6. The topological polar surface area (TPSA) is 56.0 Å². The largest absolute Gasteiger partial charge is 0.416 e. The summed E-state index contributed by atoms with van der Waals surface area (Å²) < 4.78 is 55.0. The van der Waals surface area contributed by atoms with Gasteiger partial charge in [-0.2, -0.15) is 18.2 Å². The Kier molecular flexibility index (Phi) is 4.46. The molecule has 2 atom stereocenters. The second kappa shape index (κ2) is 5.97. The Morgan fingerprint density at radius 2 is 2.10 bits per heavy atom. The molecule has 1 aromatic carbocycles. The first kappa shape index (κ1) is 15.7. The molecule has 2 unspecified atom stereocenters. The van der Waals surface area contributed by atoms with Gasteiger partial charge in [0.05, 0.1) is 5.56 Å². The lowest BCUT2D eigenvalue weighted by Crippen LogP contribution is -2.08. The van der Waals surface area contributed by atoms with E-state index in [1.165, 1.54) is 12.1 Å². The van der Waals surface area contributed by atoms with Gasteiger partial charge in [-0.3, -0.25) is 4.21 Å². The molecule has 21 heavy (non-hydrogen) atoms. The summed E-state index contributed by atoms with van der Waals surface area (Å²) in [6.45, 7) is 3.27. The molecule has 114 valence electrons. The summed E-state index contributed by atoms with van der Waals surface area (Å²) >= 11 is 0. The van der Waals surface area contributed by atoms with E-state index in [9.17, 15) is 17.4 Å². The van der Waals surface area contributed by atoms with Crippen LogP contribution in [0.3, 0.4) is 0 Å². The average Bonchev–Trinajstić information content (AvgIpc) is 2.84. The van der Waals surface area contributed by atoms with E-state index < -0.39 is 27.8 Å². The SMILES string of the molecule is Cc1noc(C(C)S(=O)Cc2cccc(C(F)(F)F)c2)n1. The molecule has 0 saturated heterocycles. The number of aromatic nitrogens is 2. The van der Waals surface area contributed by atoms with Crippen LogP contribution in [0.1, 0.15) is 35.0 Å². The monoisotopic (exact) mass is 318 g/mol. The molecule has 1 heterocycles. The molecule has 2 aromatic rings. The zero-order valence-corrected chi connectivity index (χ0v) is 12.2. The molecular weight excluding hydrogens is 305 g/mol. The van der Waals surface area contributed by atoms with Gasteiger partial charge in [-0.1, -0.05) is 23.4 Å². The van der Waals surface area contributed by atoms with E-state index >= 15 is 0 Å². The van der Waals surface area contributed by atoms with Crippen molar-refractivity contribution >= 4 is 10.8 Å². The third kappa shape index (κ3) is 3.90. The highest BCUT2D eigenvalue weighted by Crippen LogP contribution is 2.30. The first-order chi connectivity index (χ1) is 9.77. The molecule has 4 nitrogen and oxygen atoms in total. The lowest BCUT2D eigenvalue weighted by molar-refractivity contribution is -0.137. The summed E-state index contributed by atoms with van der Waals surface area (Å²) in [5.74, 6) is 0.637. The molecule has 0 N–H and O–H groups in total. The molecule has 0 spiro atoms. The van der Waals surface area contributed by atoms with Crippen LogP contribution in [-0.4, -0.2) is 14.3 Å². The molecule has 1 aromatic heterocycles. The van der Waals surface area contributed by atoms with Crippen LogP contribution in [-0.2, 0) is 22.7 Å². The van der Waals surface area contributed by atoms with E-state index in [0.717, 1.165) is 12.1 Å². The van der Waals surface area contributed by atoms with Crippen LogP contribution in [0.4, 0.5) is 13.2 Å². The highest BCUT2D eigenvalue weighted by atomic mass is 32.2. The van der Waals surface area contributed by atoms with Gasteiger partial charge >= 0.3 is 6.18 Å². The lowest BCUT2D eigenvalue weighted by atomic mass is 10.1. The van der Waals surface area contributed by atoms with Crippen molar-refractivity contribution < 1.29 is 21.9 Å². The van der Waals surface area contributed by atoms with Crippen LogP contribution in [0, 0.1) is 6.92 Å². The highest BCUT2D eigenvalue weighted by Gasteiger charge is 2.30. The van der Waals surface area contributed by atoms with Gasteiger partial charge in [0, 0.05) is 16.6 Å². The predicted molar refractivity (Wildman–Crippen MR) is 70.7 cm³/mol. The van der Waals surface area contributed by atoms with Gasteiger partial charge in [0.2, 0.25) is 5.89 Å². The molecule has 0 fully saturated rings. The lowest BCUT2D eigenvalue weighted by Gasteiger charge is -2.10. The summed E-state index contributed by atoms with van der Waals surface area (Å²) in [6, 6.07) is 4.80. The van der Waals surface area contributed by atoms with Gasteiger partial charge in [-0.25, -0.2) is 0 Å². The number of nitrogens with zero attached hydrogens (tertiary/aromatic N) is 2. The molecule has 0 aliphatic rings. The Morgan fingerprint density at radius 1 is 1.38 bits per heavy atom. The van der Waals surface area contributed by atoms with Crippen molar-refractivity contribution in [2.24, 2.45) is 0 Å². The minimum absolute atomic E-state index is 0.00743. The van der Waals surface area contributed by atoms with E-state index in [-0.39, 0.29) is 11.6 Å². The summed E-state index contributed by atoms with van der Waals surface area (Å²) in [4.78, 5) is 3.98. The van der Waals surface area contributed by atoms with Crippen LogP contribution < -0.4 is 0 Å². The van der Waals surface area contributed by atoms with Gasteiger partial charge in [0.15, 0.2) is 5.82 Å². The maximum Gasteiger partial charge on any atom is 0.416 e. The molecule has 0 bridgehead atoms. The normalized spacial score (nSPS) is 14.9. The second-order valence-electron chi connectivity index (χ2n) is 4.55. The Bertz CT molecular complexity index is 655. The van der Waals surface area contributed by atoms with Crippen LogP contribution in [0.15, 0.2) is 28.8 Å². The minimum atomic E-state index is -4.41. The number of rotatable bonds is 4. The number of hydrogen-bond donors (Lipinski definition) is 0. The molecule has 0 radical (unpaired) electrons. The van der Waals surface area contributed by atoms with E-state index in [4.69, 9.17) is 4.52 Å². The standard InChI is InChI=1S/C13H13F3N2O2S/c1-8(12-17-9(2)18-20-12)21(19)7-10-4-3-5-11(6-10)13(14,15)16/h3-6,8H,7H2,1-2H3. The van der Waals surface area contributed by atoms with Crippen molar-refractivity contribution in [2.45, 2.75) is 31.0 Å². The number of benzene rings is 1. The zero-order chi connectivity index (χ0) is 15.6. The molecule has 2 rings (SSSR count). The van der Waals surface area contributed by atoms with Crippen molar-refractivity contribution in [3.63, 3.8) is 0 Å². The fourth-order valence-corrected chi connectivity index (χ4v) is 2.80. The van der Waals surface area contributed by atoms with E-state index in [2.05, 4.69) is 10.1 Å². The smallest absolute Gasteiger partial charge is 0.338 e. The number of hydrogen-bond acceptors (Lipinski definition) is 4. The van der Waals surface area contributed by atoms with Crippen molar-refractivity contribution in [1.82, 2.24) is 10.1 Å². The summed E-state index contributed by atoms with van der Waals surface area (Å²) in [6.07, 6.45) is -4.41. The summed E-state index contributed by atoms with van der Waals surface area (Å²) in [7, 11) is -1.45. The van der Waals surface area contributed by atoms with Crippen LogP contribution in [0.2, 0.25) is 0 Å². The molecule has 0 saturated carbocycles. The second-order valence-corrected chi connectivity index (χ2v) is 6.30. The van der Waals surface area contributed by atoms with E-state index in [1.807, 2.05) is 0 Å². The third-order valence-corrected chi connectivity index (χ3v) is 4.46. The molecule has 0 aliphatic carbocycles. The average molecular weight is 318 g/mol. The van der Waals surface area contributed by atoms with Crippen LogP contribution >= 0.6 is 0 Å². The fraction of sp³-hybridized carbons (Fsp3) is 0.385. The Hall–Kier alpha value is -1.70. The fourth-order valence-electron chi connectivity index (χ4n) is 1.72. The van der Waals surface area contributed by atoms with Crippen molar-refractivity contribution in [3.05, 3.63) is 47.1 Å². The predicted octanol–water partition coefficient (Wildman–Crippen LogP) is 3.41. The van der Waals surface area contributed by atoms with Crippen molar-refractivity contribution in [2.75, 3.05) is 0 Å². The van der Waals surface area contributed by atoms with Gasteiger partial charge in [-0.05, 0) is 25.5 Å². The number of aryl methyl sites for hydroxylation is 1. The first-order valence-corrected chi connectivity index (χ1v) is 7.49. The Labute approximate surface area is 121 Å². The Morgan fingerprint density at radius 3 is 2.67 bits per heavy atom. The van der Waals surface area contributed by atoms with Gasteiger partial charge in [-0.15, -0.1) is 0 Å². The van der Waals surface area contributed by atoms with Crippen LogP contribution in [0.25, 0.3) is 0 Å². The summed E-state index contributed by atoms with van der Waals surface area (Å²) in [5, 5.41) is 3.06. The molecule has 8 heteroatoms. The highest BCUT2D eigenvalue weighted by molar-refractivity contribution is 7.84. The van der Waals surface area contributed by atoms with Gasteiger partial charge in [0.1, 0.15) is 5.25 Å². The van der Waals surface area contributed by atoms with Crippen molar-refractivity contribution in [1.29, 1.82) is 0 Å². The third-order valence-electron chi connectivity index (χ3n) is 2.85. The minimum Gasteiger partial charge on any atom is -0.338 e. The van der Waals surface area contributed by atoms with E-state index in [0.29, 0.717) is 11.4 Å².